The van der Waals surface area contributed by atoms with Crippen LogP contribution in [0.2, 0.25) is 0 Å². The molecular formula is C24H31NO2. The predicted molar refractivity (Wildman–Crippen MR) is 115 cm³/mol. The molecule has 0 spiro atoms. The fourth-order valence-corrected chi connectivity index (χ4v) is 2.74. The molecule has 3 heteroatoms. The van der Waals surface area contributed by atoms with Crippen molar-refractivity contribution < 1.29 is 9.47 Å². The first kappa shape index (κ1) is 20.8. The summed E-state index contributed by atoms with van der Waals surface area (Å²) < 4.78 is 11.8. The summed E-state index contributed by atoms with van der Waals surface area (Å²) in [6.45, 7) is 12.3. The maximum absolute atomic E-state index is 5.90. The van der Waals surface area contributed by atoms with Crippen molar-refractivity contribution in [2.75, 3.05) is 0 Å². The molecule has 3 nitrogen and oxygen atoms in total. The Morgan fingerprint density at radius 3 is 1.93 bits per heavy atom. The van der Waals surface area contributed by atoms with Crippen LogP contribution < -0.4 is 9.47 Å². The molecule has 0 aliphatic rings. The zero-order valence-corrected chi connectivity index (χ0v) is 17.3. The molecule has 0 bridgehead atoms. The molecule has 144 valence electrons. The summed E-state index contributed by atoms with van der Waals surface area (Å²) in [6.07, 6.45) is 3.30. The molecule has 1 heterocycles. The van der Waals surface area contributed by atoms with Crippen LogP contribution in [-0.2, 0) is 0 Å². The number of nitrogens with zero attached hydrogens (tertiary/aromatic N) is 1. The molecule has 0 saturated heterocycles. The molecule has 0 radical (unpaired) electrons. The van der Waals surface area contributed by atoms with Gasteiger partial charge < -0.3 is 9.47 Å². The normalized spacial score (nSPS) is 10.7. The summed E-state index contributed by atoms with van der Waals surface area (Å²) in [4.78, 5) is 4.61. The quantitative estimate of drug-likeness (QED) is 0.493. The molecule has 3 rings (SSSR count). The lowest BCUT2D eigenvalue weighted by Crippen LogP contribution is -2.08. The van der Waals surface area contributed by atoms with Crippen LogP contribution in [0.15, 0.2) is 54.7 Å². The second kappa shape index (κ2) is 9.96. The average Bonchev–Trinajstić information content (AvgIpc) is 2.60. The molecular weight excluding hydrogens is 334 g/mol. The van der Waals surface area contributed by atoms with E-state index in [2.05, 4.69) is 31.0 Å². The average molecular weight is 366 g/mol. The van der Waals surface area contributed by atoms with E-state index in [4.69, 9.17) is 9.47 Å². The van der Waals surface area contributed by atoms with Crippen molar-refractivity contribution in [3.8, 4) is 22.8 Å². The van der Waals surface area contributed by atoms with Crippen LogP contribution >= 0.6 is 0 Å². The summed E-state index contributed by atoms with van der Waals surface area (Å²) >= 11 is 0. The number of pyridine rings is 1. The summed E-state index contributed by atoms with van der Waals surface area (Å²) in [7, 11) is 0. The number of rotatable bonds is 5. The van der Waals surface area contributed by atoms with Gasteiger partial charge in [0.25, 0.3) is 0 Å². The zero-order valence-electron chi connectivity index (χ0n) is 17.3. The summed E-state index contributed by atoms with van der Waals surface area (Å²) in [5.74, 6) is 1.60. The number of aromatic nitrogens is 1. The Kier molecular flexibility index (Phi) is 7.66. The molecule has 1 aromatic heterocycles. The third kappa shape index (κ3) is 5.99. The number of fused-ring (bicyclic) bond motifs is 1. The lowest BCUT2D eigenvalue weighted by atomic mass is 10.0. The van der Waals surface area contributed by atoms with E-state index in [1.54, 1.807) is 0 Å². The standard InChI is InChI=1S/C21H23NO2.C3H8/c1-14(2)23-18-11-17(12-19(13-18)24-15(3)4)21-20-8-6-5-7-16(20)9-10-22-21;1-3-2/h5-15H,1-4H3;3H2,1-2H3. The number of ether oxygens (including phenoxy) is 2. The maximum atomic E-state index is 5.90. The fourth-order valence-electron chi connectivity index (χ4n) is 2.74. The minimum atomic E-state index is 0.104. The highest BCUT2D eigenvalue weighted by molar-refractivity contribution is 5.94. The largest absolute Gasteiger partial charge is 0.491 e. The molecule has 0 saturated carbocycles. The van der Waals surface area contributed by atoms with Gasteiger partial charge >= 0.3 is 0 Å². The molecule has 2 aromatic carbocycles. The highest BCUT2D eigenvalue weighted by Gasteiger charge is 2.11. The Balaban J connectivity index is 0.000000817. The Morgan fingerprint density at radius 2 is 1.37 bits per heavy atom. The van der Waals surface area contributed by atoms with Crippen molar-refractivity contribution in [1.82, 2.24) is 4.98 Å². The number of benzene rings is 2. The van der Waals surface area contributed by atoms with Crippen molar-refractivity contribution >= 4 is 10.8 Å². The zero-order chi connectivity index (χ0) is 19.8. The smallest absolute Gasteiger partial charge is 0.124 e. The summed E-state index contributed by atoms with van der Waals surface area (Å²) in [5, 5.41) is 2.29. The molecule has 0 amide bonds. The van der Waals surface area contributed by atoms with Crippen molar-refractivity contribution in [3.63, 3.8) is 0 Å². The molecule has 0 aliphatic heterocycles. The first-order valence-corrected chi connectivity index (χ1v) is 9.77. The van der Waals surface area contributed by atoms with Gasteiger partial charge in [-0.25, -0.2) is 0 Å². The first-order chi connectivity index (χ1) is 12.9. The fraction of sp³-hybridized carbons (Fsp3) is 0.375. The summed E-state index contributed by atoms with van der Waals surface area (Å²) in [5.41, 5.74) is 1.94. The molecule has 0 aliphatic carbocycles. The van der Waals surface area contributed by atoms with E-state index >= 15 is 0 Å². The Bertz CT molecular complexity index is 822. The summed E-state index contributed by atoms with van der Waals surface area (Å²) in [6, 6.07) is 16.3. The maximum Gasteiger partial charge on any atom is 0.124 e. The van der Waals surface area contributed by atoms with E-state index < -0.39 is 0 Å². The molecule has 3 aromatic rings. The molecule has 0 fully saturated rings. The van der Waals surface area contributed by atoms with E-state index in [0.717, 1.165) is 28.1 Å². The molecule has 0 unspecified atom stereocenters. The highest BCUT2D eigenvalue weighted by atomic mass is 16.5. The van der Waals surface area contributed by atoms with E-state index in [1.807, 2.05) is 70.3 Å². The van der Waals surface area contributed by atoms with Gasteiger partial charge in [-0.1, -0.05) is 44.5 Å². The Morgan fingerprint density at radius 1 is 0.815 bits per heavy atom. The van der Waals surface area contributed by atoms with Gasteiger partial charge in [-0.3, -0.25) is 4.98 Å². The van der Waals surface area contributed by atoms with Crippen LogP contribution in [0, 0.1) is 0 Å². The van der Waals surface area contributed by atoms with E-state index in [-0.39, 0.29) is 12.2 Å². The van der Waals surface area contributed by atoms with E-state index in [9.17, 15) is 0 Å². The molecule has 0 N–H and O–H groups in total. The number of hydrogen-bond donors (Lipinski definition) is 0. The Labute approximate surface area is 163 Å². The van der Waals surface area contributed by atoms with Gasteiger partial charge in [0, 0.05) is 23.2 Å². The van der Waals surface area contributed by atoms with Gasteiger partial charge in [-0.05, 0) is 51.3 Å². The van der Waals surface area contributed by atoms with Gasteiger partial charge in [0.15, 0.2) is 0 Å². The Hall–Kier alpha value is -2.55. The van der Waals surface area contributed by atoms with Crippen LogP contribution in [0.4, 0.5) is 0 Å². The lowest BCUT2D eigenvalue weighted by molar-refractivity contribution is 0.229. The van der Waals surface area contributed by atoms with Crippen LogP contribution in [0.25, 0.3) is 22.0 Å². The third-order valence-electron chi connectivity index (χ3n) is 3.57. The van der Waals surface area contributed by atoms with Gasteiger partial charge in [-0.15, -0.1) is 0 Å². The van der Waals surface area contributed by atoms with Crippen molar-refractivity contribution in [2.45, 2.75) is 60.2 Å². The van der Waals surface area contributed by atoms with E-state index in [1.165, 1.54) is 11.8 Å². The van der Waals surface area contributed by atoms with Gasteiger partial charge in [-0.2, -0.15) is 0 Å². The van der Waals surface area contributed by atoms with Crippen LogP contribution in [-0.4, -0.2) is 17.2 Å². The van der Waals surface area contributed by atoms with Gasteiger partial charge in [0.1, 0.15) is 11.5 Å². The van der Waals surface area contributed by atoms with E-state index in [0.29, 0.717) is 0 Å². The third-order valence-corrected chi connectivity index (χ3v) is 3.57. The lowest BCUT2D eigenvalue weighted by Gasteiger charge is -2.16. The second-order valence-electron chi connectivity index (χ2n) is 7.11. The van der Waals surface area contributed by atoms with Crippen molar-refractivity contribution in [1.29, 1.82) is 0 Å². The van der Waals surface area contributed by atoms with Crippen molar-refractivity contribution in [3.05, 3.63) is 54.7 Å². The minimum Gasteiger partial charge on any atom is -0.491 e. The topological polar surface area (TPSA) is 31.4 Å². The molecule has 0 atom stereocenters. The van der Waals surface area contributed by atoms with Gasteiger partial charge in [0.2, 0.25) is 0 Å². The van der Waals surface area contributed by atoms with Crippen LogP contribution in [0.1, 0.15) is 48.0 Å². The van der Waals surface area contributed by atoms with Crippen molar-refractivity contribution in [2.24, 2.45) is 0 Å². The number of hydrogen-bond acceptors (Lipinski definition) is 3. The SMILES string of the molecule is CC(C)Oc1cc(OC(C)C)cc(-c2nccc3ccccc23)c1.CCC. The van der Waals surface area contributed by atoms with Crippen LogP contribution in [0.3, 0.4) is 0 Å². The molecule has 27 heavy (non-hydrogen) atoms. The monoisotopic (exact) mass is 365 g/mol. The highest BCUT2D eigenvalue weighted by Crippen LogP contribution is 2.33. The predicted octanol–water partition coefficient (Wildman–Crippen LogP) is 6.89. The first-order valence-electron chi connectivity index (χ1n) is 9.77. The van der Waals surface area contributed by atoms with Crippen LogP contribution in [0.5, 0.6) is 11.5 Å². The van der Waals surface area contributed by atoms with Gasteiger partial charge in [0.05, 0.1) is 17.9 Å². The second-order valence-corrected chi connectivity index (χ2v) is 7.11. The minimum absolute atomic E-state index is 0.104.